The van der Waals surface area contributed by atoms with E-state index in [-0.39, 0.29) is 17.2 Å². The summed E-state index contributed by atoms with van der Waals surface area (Å²) in [6, 6.07) is 5.10. The quantitative estimate of drug-likeness (QED) is 0.611. The molecule has 9 heteroatoms. The second kappa shape index (κ2) is 7.88. The number of nitrogens with two attached hydrogens (primary N) is 1. The molecule has 0 bridgehead atoms. The van der Waals surface area contributed by atoms with E-state index in [2.05, 4.69) is 21.4 Å². The van der Waals surface area contributed by atoms with Crippen LogP contribution in [0.25, 0.3) is 28.1 Å². The molecule has 1 aromatic carbocycles. The van der Waals surface area contributed by atoms with Gasteiger partial charge in [0, 0.05) is 24.0 Å². The van der Waals surface area contributed by atoms with Crippen molar-refractivity contribution in [2.24, 2.45) is 5.73 Å². The summed E-state index contributed by atoms with van der Waals surface area (Å²) in [4.78, 5) is 10.6. The van der Waals surface area contributed by atoms with Crippen LogP contribution in [0.4, 0.5) is 13.2 Å². The number of halogens is 3. The van der Waals surface area contributed by atoms with Gasteiger partial charge in [0.2, 0.25) is 5.89 Å². The second-order valence-electron chi connectivity index (χ2n) is 7.57. The zero-order chi connectivity index (χ0) is 22.3. The van der Waals surface area contributed by atoms with Gasteiger partial charge in [-0.05, 0) is 44.0 Å². The standard InChI is InChI=1S/C22H23F3N4O2/c1-12(26)20-18(13(2)29-10-4-5-11-29)28-21(31-20)15-6-8-16(30-3)19-14(15)7-9-17(27-19)22(23,24)25/h6-9,12H,2,4-5,10-11,26H2,1,3H3. The molecule has 1 fully saturated rings. The Kier molecular flexibility index (Phi) is 5.38. The van der Waals surface area contributed by atoms with Crippen molar-refractivity contribution in [1.29, 1.82) is 0 Å². The van der Waals surface area contributed by atoms with Gasteiger partial charge in [-0.2, -0.15) is 13.2 Å². The second-order valence-corrected chi connectivity index (χ2v) is 7.57. The van der Waals surface area contributed by atoms with Gasteiger partial charge in [-0.15, -0.1) is 0 Å². The van der Waals surface area contributed by atoms with E-state index in [1.54, 1.807) is 19.1 Å². The van der Waals surface area contributed by atoms with Crippen LogP contribution in [0, 0.1) is 0 Å². The predicted octanol–water partition coefficient (Wildman–Crippen LogP) is 5.00. The van der Waals surface area contributed by atoms with Gasteiger partial charge in [-0.3, -0.25) is 0 Å². The van der Waals surface area contributed by atoms with Gasteiger partial charge in [0.15, 0.2) is 5.76 Å². The van der Waals surface area contributed by atoms with Crippen LogP contribution < -0.4 is 10.5 Å². The number of aromatic nitrogens is 2. The maximum atomic E-state index is 13.2. The summed E-state index contributed by atoms with van der Waals surface area (Å²) in [6.07, 6.45) is -2.41. The Labute approximate surface area is 177 Å². The number of nitrogens with zero attached hydrogens (tertiary/aromatic N) is 3. The topological polar surface area (TPSA) is 77.4 Å². The maximum absolute atomic E-state index is 13.2. The summed E-state index contributed by atoms with van der Waals surface area (Å²) in [5.41, 5.74) is 7.00. The van der Waals surface area contributed by atoms with Gasteiger partial charge in [0.1, 0.15) is 22.7 Å². The van der Waals surface area contributed by atoms with Crippen LogP contribution in [-0.2, 0) is 6.18 Å². The number of fused-ring (bicyclic) bond motifs is 1. The molecule has 2 N–H and O–H groups in total. The molecule has 0 amide bonds. The highest BCUT2D eigenvalue weighted by Crippen LogP contribution is 2.38. The fourth-order valence-electron chi connectivity index (χ4n) is 3.80. The number of likely N-dealkylation sites (tertiary alicyclic amines) is 1. The van der Waals surface area contributed by atoms with Crippen molar-refractivity contribution in [3.8, 4) is 17.2 Å². The number of benzene rings is 1. The molecule has 1 aliphatic heterocycles. The first-order valence-electron chi connectivity index (χ1n) is 9.96. The first-order chi connectivity index (χ1) is 14.7. The molecule has 1 unspecified atom stereocenters. The van der Waals surface area contributed by atoms with Crippen molar-refractivity contribution in [2.75, 3.05) is 20.2 Å². The van der Waals surface area contributed by atoms with Crippen molar-refractivity contribution in [2.45, 2.75) is 32.0 Å². The molecule has 0 spiro atoms. The molecule has 4 rings (SSSR count). The van der Waals surface area contributed by atoms with Crippen LogP contribution in [0.2, 0.25) is 0 Å². The normalized spacial score (nSPS) is 15.5. The maximum Gasteiger partial charge on any atom is 0.433 e. The predicted molar refractivity (Wildman–Crippen MR) is 111 cm³/mol. The van der Waals surface area contributed by atoms with Crippen molar-refractivity contribution >= 4 is 16.6 Å². The Morgan fingerprint density at radius 1 is 1.19 bits per heavy atom. The van der Waals surface area contributed by atoms with Gasteiger partial charge in [0.25, 0.3) is 0 Å². The summed E-state index contributed by atoms with van der Waals surface area (Å²) < 4.78 is 50.8. The monoisotopic (exact) mass is 432 g/mol. The van der Waals surface area contributed by atoms with E-state index in [1.165, 1.54) is 13.2 Å². The first kappa shape index (κ1) is 21.2. The number of methoxy groups -OCH3 is 1. The number of hydrogen-bond donors (Lipinski definition) is 1. The van der Waals surface area contributed by atoms with Crippen LogP contribution in [-0.4, -0.2) is 35.1 Å². The van der Waals surface area contributed by atoms with E-state index < -0.39 is 17.9 Å². The molecular weight excluding hydrogens is 409 g/mol. The SMILES string of the molecule is C=C(c1nc(-c2ccc(OC)c3nc(C(F)(F)F)ccc23)oc1C(C)N)N1CCCC1. The lowest BCUT2D eigenvalue weighted by Gasteiger charge is -2.19. The minimum Gasteiger partial charge on any atom is -0.494 e. The molecule has 3 aromatic rings. The summed E-state index contributed by atoms with van der Waals surface area (Å²) in [5, 5.41) is 0.433. The third kappa shape index (κ3) is 3.85. The zero-order valence-electron chi connectivity index (χ0n) is 17.3. The number of alkyl halides is 3. The highest BCUT2D eigenvalue weighted by atomic mass is 19.4. The Bertz CT molecular complexity index is 1130. The van der Waals surface area contributed by atoms with Crippen molar-refractivity contribution in [1.82, 2.24) is 14.9 Å². The molecule has 1 aliphatic rings. The summed E-state index contributed by atoms with van der Waals surface area (Å²) in [6.45, 7) is 7.73. The fraction of sp³-hybridized carbons (Fsp3) is 0.364. The number of oxazole rings is 1. The minimum absolute atomic E-state index is 0.0790. The third-order valence-corrected chi connectivity index (χ3v) is 5.39. The van der Waals surface area contributed by atoms with E-state index in [1.807, 2.05) is 0 Å². The Morgan fingerprint density at radius 3 is 2.52 bits per heavy atom. The van der Waals surface area contributed by atoms with Crippen molar-refractivity contribution < 1.29 is 22.3 Å². The van der Waals surface area contributed by atoms with Gasteiger partial charge < -0.3 is 19.8 Å². The molecule has 0 radical (unpaired) electrons. The molecule has 164 valence electrons. The summed E-state index contributed by atoms with van der Waals surface area (Å²) in [7, 11) is 1.38. The Hall–Kier alpha value is -3.07. The van der Waals surface area contributed by atoms with Crippen LogP contribution in [0.1, 0.15) is 43.0 Å². The molecule has 6 nitrogen and oxygen atoms in total. The highest BCUT2D eigenvalue weighted by Gasteiger charge is 2.33. The van der Waals surface area contributed by atoms with Gasteiger partial charge >= 0.3 is 6.18 Å². The van der Waals surface area contributed by atoms with Gasteiger partial charge in [0.05, 0.1) is 18.8 Å². The number of ether oxygens (including phenoxy) is 1. The van der Waals surface area contributed by atoms with Crippen molar-refractivity contribution in [3.05, 3.63) is 48.0 Å². The van der Waals surface area contributed by atoms with Crippen molar-refractivity contribution in [3.63, 3.8) is 0 Å². The van der Waals surface area contributed by atoms with Gasteiger partial charge in [-0.1, -0.05) is 6.58 Å². The lowest BCUT2D eigenvalue weighted by Crippen LogP contribution is -2.18. The van der Waals surface area contributed by atoms with E-state index >= 15 is 0 Å². The van der Waals surface area contributed by atoms with E-state index in [0.717, 1.165) is 37.7 Å². The summed E-state index contributed by atoms with van der Waals surface area (Å²) >= 11 is 0. The number of rotatable bonds is 5. The summed E-state index contributed by atoms with van der Waals surface area (Å²) in [5.74, 6) is 0.957. The molecule has 31 heavy (non-hydrogen) atoms. The van der Waals surface area contributed by atoms with Crippen LogP contribution in [0.15, 0.2) is 35.3 Å². The highest BCUT2D eigenvalue weighted by molar-refractivity contribution is 5.96. The first-order valence-corrected chi connectivity index (χ1v) is 9.96. The van der Waals surface area contributed by atoms with Crippen LogP contribution in [0.3, 0.4) is 0 Å². The van der Waals surface area contributed by atoms with E-state index in [0.29, 0.717) is 22.4 Å². The molecule has 0 aliphatic carbocycles. The molecule has 1 atom stereocenters. The van der Waals surface area contributed by atoms with Gasteiger partial charge in [-0.25, -0.2) is 9.97 Å². The Balaban J connectivity index is 1.87. The van der Waals surface area contributed by atoms with E-state index in [4.69, 9.17) is 14.9 Å². The van der Waals surface area contributed by atoms with Crippen LogP contribution in [0.5, 0.6) is 5.75 Å². The smallest absolute Gasteiger partial charge is 0.433 e. The molecule has 1 saturated heterocycles. The number of hydrogen-bond acceptors (Lipinski definition) is 6. The molecular formula is C22H23F3N4O2. The molecule has 2 aromatic heterocycles. The zero-order valence-corrected chi connectivity index (χ0v) is 17.3. The fourth-order valence-corrected chi connectivity index (χ4v) is 3.80. The molecule has 0 saturated carbocycles. The lowest BCUT2D eigenvalue weighted by atomic mass is 10.1. The largest absolute Gasteiger partial charge is 0.494 e. The van der Waals surface area contributed by atoms with E-state index in [9.17, 15) is 13.2 Å². The average Bonchev–Trinajstić information content (AvgIpc) is 3.41. The van der Waals surface area contributed by atoms with Crippen LogP contribution >= 0.6 is 0 Å². The minimum atomic E-state index is -4.57. The number of pyridine rings is 1. The third-order valence-electron chi connectivity index (χ3n) is 5.39. The molecule has 3 heterocycles. The average molecular weight is 432 g/mol. The lowest BCUT2D eigenvalue weighted by molar-refractivity contribution is -0.140. The Morgan fingerprint density at radius 2 is 1.90 bits per heavy atom.